The van der Waals surface area contributed by atoms with Gasteiger partial charge in [-0.05, 0) is 25.7 Å². The molecule has 1 aliphatic rings. The van der Waals surface area contributed by atoms with Crippen molar-refractivity contribution in [2.75, 3.05) is 13.1 Å². The molecule has 0 heterocycles. The number of nitrogens with one attached hydrogen (secondary N) is 2. The average molecular weight is 296 g/mol. The zero-order valence-electron chi connectivity index (χ0n) is 11.9. The van der Waals surface area contributed by atoms with E-state index in [-0.39, 0.29) is 6.54 Å². The maximum Gasteiger partial charge on any atom is 0.405 e. The molecule has 1 amide bonds. The van der Waals surface area contributed by atoms with E-state index in [2.05, 4.69) is 12.2 Å². The minimum Gasteiger partial charge on any atom is -0.389 e. The van der Waals surface area contributed by atoms with Gasteiger partial charge in [0.15, 0.2) is 0 Å². The Morgan fingerprint density at radius 1 is 1.50 bits per heavy atom. The van der Waals surface area contributed by atoms with E-state index in [1.807, 2.05) is 5.32 Å². The molecule has 0 aromatic rings. The van der Waals surface area contributed by atoms with Crippen LogP contribution in [0, 0.1) is 5.92 Å². The number of amides is 1. The van der Waals surface area contributed by atoms with Crippen molar-refractivity contribution in [2.24, 2.45) is 5.92 Å². The van der Waals surface area contributed by atoms with E-state index < -0.39 is 30.3 Å². The third kappa shape index (κ3) is 6.09. The molecular formula is C13H23F3N2O2. The van der Waals surface area contributed by atoms with E-state index in [1.165, 1.54) is 6.92 Å². The second kappa shape index (κ2) is 6.76. The molecule has 3 atom stereocenters. The first-order chi connectivity index (χ1) is 9.11. The van der Waals surface area contributed by atoms with E-state index in [0.717, 1.165) is 12.8 Å². The van der Waals surface area contributed by atoms with Gasteiger partial charge in [0.2, 0.25) is 5.91 Å². The zero-order valence-corrected chi connectivity index (χ0v) is 11.9. The molecule has 1 saturated carbocycles. The number of aliphatic hydroxyl groups is 1. The number of rotatable bonds is 5. The van der Waals surface area contributed by atoms with Gasteiger partial charge in [0.05, 0.1) is 11.6 Å². The predicted molar refractivity (Wildman–Crippen MR) is 69.1 cm³/mol. The first-order valence-corrected chi connectivity index (χ1v) is 6.91. The van der Waals surface area contributed by atoms with Crippen LogP contribution in [0.3, 0.4) is 0 Å². The summed E-state index contributed by atoms with van der Waals surface area (Å²) >= 11 is 0. The summed E-state index contributed by atoms with van der Waals surface area (Å²) in [7, 11) is 0. The number of hydrogen-bond acceptors (Lipinski definition) is 3. The molecule has 1 fully saturated rings. The fourth-order valence-corrected chi connectivity index (χ4v) is 2.57. The van der Waals surface area contributed by atoms with Gasteiger partial charge in [-0.1, -0.05) is 19.8 Å². The van der Waals surface area contributed by atoms with E-state index in [4.69, 9.17) is 0 Å². The molecular weight excluding hydrogens is 273 g/mol. The molecule has 1 rings (SSSR count). The SMILES string of the molecule is CC1CCCC(O)(CNC(C)C(=O)NCC(F)(F)F)C1. The minimum absolute atomic E-state index is 0.220. The van der Waals surface area contributed by atoms with Crippen LogP contribution in [0.4, 0.5) is 13.2 Å². The quantitative estimate of drug-likeness (QED) is 0.722. The lowest BCUT2D eigenvalue weighted by Crippen LogP contribution is -2.51. The van der Waals surface area contributed by atoms with Crippen molar-refractivity contribution in [2.45, 2.75) is 57.3 Å². The molecule has 0 aromatic heterocycles. The van der Waals surface area contributed by atoms with Gasteiger partial charge in [0, 0.05) is 6.54 Å². The second-order valence-corrected chi connectivity index (χ2v) is 5.86. The van der Waals surface area contributed by atoms with E-state index in [1.54, 1.807) is 0 Å². The lowest BCUT2D eigenvalue weighted by atomic mass is 9.79. The summed E-state index contributed by atoms with van der Waals surface area (Å²) in [6.45, 7) is 2.43. The number of carbonyl (C=O) groups is 1. The van der Waals surface area contributed by atoms with Crippen LogP contribution in [0.5, 0.6) is 0 Å². The van der Waals surface area contributed by atoms with Gasteiger partial charge in [-0.25, -0.2) is 0 Å². The summed E-state index contributed by atoms with van der Waals surface area (Å²) in [4.78, 5) is 11.5. The summed E-state index contributed by atoms with van der Waals surface area (Å²) in [5.41, 5.74) is -0.865. The van der Waals surface area contributed by atoms with Crippen LogP contribution >= 0.6 is 0 Å². The van der Waals surface area contributed by atoms with Crippen molar-refractivity contribution in [3.8, 4) is 0 Å². The number of hydrogen-bond donors (Lipinski definition) is 3. The van der Waals surface area contributed by atoms with Crippen LogP contribution in [0.25, 0.3) is 0 Å². The van der Waals surface area contributed by atoms with Crippen molar-refractivity contribution in [3.05, 3.63) is 0 Å². The third-order valence-corrected chi connectivity index (χ3v) is 3.66. The summed E-state index contributed by atoms with van der Waals surface area (Å²) in [5.74, 6) is -0.292. The van der Waals surface area contributed by atoms with Crippen LogP contribution < -0.4 is 10.6 Å². The highest BCUT2D eigenvalue weighted by Crippen LogP contribution is 2.31. The molecule has 0 spiro atoms. The van der Waals surface area contributed by atoms with Gasteiger partial charge in [0.1, 0.15) is 6.54 Å². The van der Waals surface area contributed by atoms with Crippen LogP contribution in [0.1, 0.15) is 39.5 Å². The maximum absolute atomic E-state index is 12.0. The van der Waals surface area contributed by atoms with Gasteiger partial charge in [-0.3, -0.25) is 4.79 Å². The van der Waals surface area contributed by atoms with Crippen molar-refractivity contribution in [3.63, 3.8) is 0 Å². The van der Waals surface area contributed by atoms with Gasteiger partial charge in [-0.15, -0.1) is 0 Å². The van der Waals surface area contributed by atoms with Crippen LogP contribution in [-0.2, 0) is 4.79 Å². The topological polar surface area (TPSA) is 61.4 Å². The standard InChI is InChI=1S/C13H23F3N2O2/c1-9-4-3-5-12(20,6-9)7-17-10(2)11(19)18-8-13(14,15)16/h9-10,17,20H,3-8H2,1-2H3,(H,18,19). The molecule has 0 aromatic carbocycles. The highest BCUT2D eigenvalue weighted by atomic mass is 19.4. The Balaban J connectivity index is 2.34. The van der Waals surface area contributed by atoms with Crippen molar-refractivity contribution in [1.29, 1.82) is 0 Å². The van der Waals surface area contributed by atoms with Gasteiger partial charge < -0.3 is 15.7 Å². The zero-order chi connectivity index (χ0) is 15.4. The highest BCUT2D eigenvalue weighted by molar-refractivity contribution is 5.81. The van der Waals surface area contributed by atoms with E-state index in [9.17, 15) is 23.1 Å². The Labute approximate surface area is 117 Å². The van der Waals surface area contributed by atoms with Crippen LogP contribution in [0.2, 0.25) is 0 Å². The maximum atomic E-state index is 12.0. The second-order valence-electron chi connectivity index (χ2n) is 5.86. The average Bonchev–Trinajstić information content (AvgIpc) is 2.32. The molecule has 20 heavy (non-hydrogen) atoms. The highest BCUT2D eigenvalue weighted by Gasteiger charge is 2.33. The predicted octanol–water partition coefficient (Wildman–Crippen LogP) is 1.58. The van der Waals surface area contributed by atoms with Crippen LogP contribution in [0.15, 0.2) is 0 Å². The first kappa shape index (κ1) is 17.2. The monoisotopic (exact) mass is 296 g/mol. The van der Waals surface area contributed by atoms with E-state index >= 15 is 0 Å². The molecule has 3 N–H and O–H groups in total. The number of halogens is 3. The molecule has 0 bridgehead atoms. The van der Waals surface area contributed by atoms with Crippen molar-refractivity contribution in [1.82, 2.24) is 10.6 Å². The van der Waals surface area contributed by atoms with Gasteiger partial charge in [0.25, 0.3) is 0 Å². The van der Waals surface area contributed by atoms with Gasteiger partial charge in [-0.2, -0.15) is 13.2 Å². The molecule has 7 heteroatoms. The Kier molecular flexibility index (Phi) is 5.82. The fourth-order valence-electron chi connectivity index (χ4n) is 2.57. The molecule has 1 aliphatic carbocycles. The molecule has 4 nitrogen and oxygen atoms in total. The molecule has 0 saturated heterocycles. The molecule has 3 unspecified atom stereocenters. The first-order valence-electron chi connectivity index (χ1n) is 6.91. The number of alkyl halides is 3. The smallest absolute Gasteiger partial charge is 0.389 e. The van der Waals surface area contributed by atoms with Gasteiger partial charge >= 0.3 is 6.18 Å². The largest absolute Gasteiger partial charge is 0.405 e. The third-order valence-electron chi connectivity index (χ3n) is 3.66. The van der Waals surface area contributed by atoms with Crippen LogP contribution in [-0.4, -0.2) is 41.9 Å². The molecule has 0 radical (unpaired) electrons. The Hall–Kier alpha value is -0.820. The van der Waals surface area contributed by atoms with E-state index in [0.29, 0.717) is 18.8 Å². The molecule has 0 aliphatic heterocycles. The summed E-state index contributed by atoms with van der Waals surface area (Å²) in [6, 6.07) is -0.765. The fraction of sp³-hybridized carbons (Fsp3) is 0.923. The summed E-state index contributed by atoms with van der Waals surface area (Å²) in [6.07, 6.45) is -1.11. The van der Waals surface area contributed by atoms with Crippen molar-refractivity contribution < 1.29 is 23.1 Å². The lowest BCUT2D eigenvalue weighted by Gasteiger charge is -2.36. The molecule has 118 valence electrons. The Bertz CT molecular complexity index is 336. The minimum atomic E-state index is -4.41. The number of carbonyl (C=O) groups excluding carboxylic acids is 1. The summed E-state index contributed by atoms with van der Waals surface area (Å²) in [5, 5.41) is 15.0. The summed E-state index contributed by atoms with van der Waals surface area (Å²) < 4.78 is 36.0. The Morgan fingerprint density at radius 3 is 2.70 bits per heavy atom. The van der Waals surface area contributed by atoms with Crippen molar-refractivity contribution >= 4 is 5.91 Å². The Morgan fingerprint density at radius 2 is 2.15 bits per heavy atom. The normalized spacial score (nSPS) is 29.0. The lowest BCUT2D eigenvalue weighted by molar-refractivity contribution is -0.139.